The number of hydrogen-bond acceptors (Lipinski definition) is 2. The SMILES string of the molecule is Oc1ccc2c(c1)CCCC2NCc1ccccc1Cl. The van der Waals surface area contributed by atoms with Crippen LogP contribution in [0.1, 0.15) is 35.6 Å². The highest BCUT2D eigenvalue weighted by atomic mass is 35.5. The lowest BCUT2D eigenvalue weighted by molar-refractivity contribution is 0.449. The van der Waals surface area contributed by atoms with Gasteiger partial charge in [0.05, 0.1) is 0 Å². The average Bonchev–Trinajstić information content (AvgIpc) is 2.46. The van der Waals surface area contributed by atoms with Crippen LogP contribution in [0.2, 0.25) is 5.02 Å². The van der Waals surface area contributed by atoms with Gasteiger partial charge in [0.15, 0.2) is 0 Å². The fourth-order valence-corrected chi connectivity index (χ4v) is 3.09. The van der Waals surface area contributed by atoms with Gasteiger partial charge >= 0.3 is 0 Å². The van der Waals surface area contributed by atoms with Crippen LogP contribution >= 0.6 is 11.6 Å². The quantitative estimate of drug-likeness (QED) is 0.886. The number of fused-ring (bicyclic) bond motifs is 1. The number of phenols is 1. The van der Waals surface area contributed by atoms with Gasteiger partial charge in [0, 0.05) is 17.6 Å². The standard InChI is InChI=1S/C17H18ClNO/c18-16-6-2-1-4-13(16)11-19-17-7-3-5-12-10-14(20)8-9-15(12)17/h1-2,4,6,8-10,17,19-20H,3,5,7,11H2. The molecule has 0 aliphatic heterocycles. The molecule has 3 heteroatoms. The summed E-state index contributed by atoms with van der Waals surface area (Å²) >= 11 is 6.19. The minimum absolute atomic E-state index is 0.343. The minimum Gasteiger partial charge on any atom is -0.508 e. The lowest BCUT2D eigenvalue weighted by atomic mass is 9.87. The highest BCUT2D eigenvalue weighted by molar-refractivity contribution is 6.31. The molecule has 0 fully saturated rings. The molecular formula is C17H18ClNO. The van der Waals surface area contributed by atoms with Crippen LogP contribution in [0, 0.1) is 0 Å². The van der Waals surface area contributed by atoms with E-state index in [-0.39, 0.29) is 0 Å². The van der Waals surface area contributed by atoms with Crippen molar-refractivity contribution in [3.05, 3.63) is 64.2 Å². The Balaban J connectivity index is 1.75. The van der Waals surface area contributed by atoms with E-state index in [9.17, 15) is 5.11 Å². The summed E-state index contributed by atoms with van der Waals surface area (Å²) in [5, 5.41) is 14.0. The van der Waals surface area contributed by atoms with Crippen LogP contribution in [0.15, 0.2) is 42.5 Å². The summed E-state index contributed by atoms with van der Waals surface area (Å²) in [5.41, 5.74) is 3.69. The van der Waals surface area contributed by atoms with Crippen molar-refractivity contribution in [2.45, 2.75) is 31.8 Å². The zero-order valence-corrected chi connectivity index (χ0v) is 12.0. The molecule has 104 valence electrons. The van der Waals surface area contributed by atoms with Crippen molar-refractivity contribution in [1.82, 2.24) is 5.32 Å². The second kappa shape index (κ2) is 5.86. The zero-order chi connectivity index (χ0) is 13.9. The molecule has 1 atom stereocenters. The molecule has 0 spiro atoms. The highest BCUT2D eigenvalue weighted by Gasteiger charge is 2.20. The lowest BCUT2D eigenvalue weighted by Crippen LogP contribution is -2.24. The van der Waals surface area contributed by atoms with Gasteiger partial charge in [0.2, 0.25) is 0 Å². The van der Waals surface area contributed by atoms with E-state index in [1.807, 2.05) is 30.3 Å². The summed E-state index contributed by atoms with van der Waals surface area (Å²) in [5.74, 6) is 0.357. The summed E-state index contributed by atoms with van der Waals surface area (Å²) in [4.78, 5) is 0. The van der Waals surface area contributed by atoms with E-state index in [0.29, 0.717) is 11.8 Å². The van der Waals surface area contributed by atoms with Gasteiger partial charge in [0.25, 0.3) is 0 Å². The third kappa shape index (κ3) is 2.82. The van der Waals surface area contributed by atoms with E-state index in [2.05, 4.69) is 11.4 Å². The van der Waals surface area contributed by atoms with Crippen LogP contribution in [0.3, 0.4) is 0 Å². The average molecular weight is 288 g/mol. The first-order chi connectivity index (χ1) is 9.74. The number of phenolic OH excluding ortho intramolecular Hbond substituents is 1. The molecule has 2 N–H and O–H groups in total. The summed E-state index contributed by atoms with van der Waals surface area (Å²) < 4.78 is 0. The van der Waals surface area contributed by atoms with E-state index in [1.54, 1.807) is 6.07 Å². The van der Waals surface area contributed by atoms with Gasteiger partial charge in [-0.25, -0.2) is 0 Å². The van der Waals surface area contributed by atoms with Crippen LogP contribution in [0.4, 0.5) is 0 Å². The Morgan fingerprint density at radius 1 is 1.20 bits per heavy atom. The van der Waals surface area contributed by atoms with Crippen molar-refractivity contribution in [1.29, 1.82) is 0 Å². The van der Waals surface area contributed by atoms with E-state index < -0.39 is 0 Å². The fourth-order valence-electron chi connectivity index (χ4n) is 2.89. The lowest BCUT2D eigenvalue weighted by Gasteiger charge is -2.27. The maximum atomic E-state index is 9.58. The molecule has 0 amide bonds. The Morgan fingerprint density at radius 3 is 2.90 bits per heavy atom. The van der Waals surface area contributed by atoms with Crippen molar-refractivity contribution >= 4 is 11.6 Å². The van der Waals surface area contributed by atoms with Gasteiger partial charge in [-0.05, 0) is 54.2 Å². The largest absolute Gasteiger partial charge is 0.508 e. The van der Waals surface area contributed by atoms with Gasteiger partial charge in [-0.15, -0.1) is 0 Å². The molecule has 3 rings (SSSR count). The zero-order valence-electron chi connectivity index (χ0n) is 11.3. The third-order valence-corrected chi connectivity index (χ3v) is 4.31. The van der Waals surface area contributed by atoms with E-state index in [4.69, 9.17) is 11.6 Å². The third-order valence-electron chi connectivity index (χ3n) is 3.94. The number of halogens is 1. The van der Waals surface area contributed by atoms with E-state index in [0.717, 1.165) is 36.4 Å². The number of aryl methyl sites for hydroxylation is 1. The van der Waals surface area contributed by atoms with E-state index in [1.165, 1.54) is 11.1 Å². The van der Waals surface area contributed by atoms with Crippen molar-refractivity contribution in [3.63, 3.8) is 0 Å². The summed E-state index contributed by atoms with van der Waals surface area (Å²) in [7, 11) is 0. The molecule has 1 aliphatic rings. The molecule has 2 nitrogen and oxygen atoms in total. The van der Waals surface area contributed by atoms with Crippen molar-refractivity contribution in [3.8, 4) is 5.75 Å². The maximum Gasteiger partial charge on any atom is 0.115 e. The molecule has 2 aromatic carbocycles. The monoisotopic (exact) mass is 287 g/mol. The summed E-state index contributed by atoms with van der Waals surface area (Å²) in [6.45, 7) is 0.769. The Kier molecular flexibility index (Phi) is 3.95. The molecule has 20 heavy (non-hydrogen) atoms. The molecule has 0 heterocycles. The van der Waals surface area contributed by atoms with Gasteiger partial charge in [-0.3, -0.25) is 0 Å². The van der Waals surface area contributed by atoms with Crippen LogP contribution < -0.4 is 5.32 Å². The van der Waals surface area contributed by atoms with Crippen LogP contribution in [0.5, 0.6) is 5.75 Å². The Morgan fingerprint density at radius 2 is 2.05 bits per heavy atom. The normalized spacial score (nSPS) is 17.8. The fraction of sp³-hybridized carbons (Fsp3) is 0.294. The van der Waals surface area contributed by atoms with Crippen LogP contribution in [0.25, 0.3) is 0 Å². The Hall–Kier alpha value is -1.51. The second-order valence-corrected chi connectivity index (χ2v) is 5.71. The summed E-state index contributed by atoms with van der Waals surface area (Å²) in [6, 6.07) is 14.0. The van der Waals surface area contributed by atoms with Crippen LogP contribution in [-0.2, 0) is 13.0 Å². The Labute approximate surface area is 124 Å². The van der Waals surface area contributed by atoms with Crippen molar-refractivity contribution < 1.29 is 5.11 Å². The van der Waals surface area contributed by atoms with Crippen LogP contribution in [-0.4, -0.2) is 5.11 Å². The van der Waals surface area contributed by atoms with Gasteiger partial charge in [-0.2, -0.15) is 0 Å². The molecule has 1 unspecified atom stereocenters. The molecule has 0 radical (unpaired) electrons. The van der Waals surface area contributed by atoms with Gasteiger partial charge in [0.1, 0.15) is 5.75 Å². The topological polar surface area (TPSA) is 32.3 Å². The minimum atomic E-state index is 0.343. The van der Waals surface area contributed by atoms with Crippen molar-refractivity contribution in [2.24, 2.45) is 0 Å². The molecule has 2 aromatic rings. The number of hydrogen-bond donors (Lipinski definition) is 2. The highest BCUT2D eigenvalue weighted by Crippen LogP contribution is 2.32. The molecule has 1 aliphatic carbocycles. The molecule has 0 saturated heterocycles. The molecule has 0 saturated carbocycles. The number of aromatic hydroxyl groups is 1. The summed E-state index contributed by atoms with van der Waals surface area (Å²) in [6.07, 6.45) is 3.33. The van der Waals surface area contributed by atoms with Gasteiger partial charge < -0.3 is 10.4 Å². The Bertz CT molecular complexity index is 612. The predicted molar refractivity (Wildman–Crippen MR) is 82.1 cm³/mol. The smallest absolute Gasteiger partial charge is 0.115 e. The van der Waals surface area contributed by atoms with Gasteiger partial charge in [-0.1, -0.05) is 35.9 Å². The second-order valence-electron chi connectivity index (χ2n) is 5.30. The maximum absolute atomic E-state index is 9.58. The first-order valence-electron chi connectivity index (χ1n) is 7.02. The van der Waals surface area contributed by atoms with E-state index >= 15 is 0 Å². The number of rotatable bonds is 3. The molecule has 0 bridgehead atoms. The first-order valence-corrected chi connectivity index (χ1v) is 7.40. The number of benzene rings is 2. The first kappa shape index (κ1) is 13.5. The van der Waals surface area contributed by atoms with Crippen molar-refractivity contribution in [2.75, 3.05) is 0 Å². The molecule has 0 aromatic heterocycles. The molecular weight excluding hydrogens is 270 g/mol. The predicted octanol–water partition coefficient (Wildman–Crippen LogP) is 4.21. The number of nitrogens with one attached hydrogen (secondary N) is 1.